The van der Waals surface area contributed by atoms with Gasteiger partial charge in [0.25, 0.3) is 11.6 Å². The first-order chi connectivity index (χ1) is 12.5. The Morgan fingerprint density at radius 2 is 2.08 bits per heavy atom. The van der Waals surface area contributed by atoms with Crippen LogP contribution in [0.3, 0.4) is 0 Å². The van der Waals surface area contributed by atoms with Gasteiger partial charge in [-0.05, 0) is 43.0 Å². The van der Waals surface area contributed by atoms with Crippen LogP contribution in [0.15, 0.2) is 41.1 Å². The van der Waals surface area contributed by atoms with Gasteiger partial charge in [0.05, 0.1) is 23.8 Å². The van der Waals surface area contributed by atoms with Gasteiger partial charge in [-0.3, -0.25) is 4.79 Å². The van der Waals surface area contributed by atoms with E-state index in [4.69, 9.17) is 9.26 Å². The third kappa shape index (κ3) is 3.85. The van der Waals surface area contributed by atoms with E-state index in [0.29, 0.717) is 17.7 Å². The van der Waals surface area contributed by atoms with Crippen molar-refractivity contribution in [2.24, 2.45) is 0 Å². The standard InChI is InChI=1S/C20H23N3O3/c1-12(2)18-17-10-15(11-21-20(17)26-23-18)19(24)22-13(3)8-14-6-5-7-16(9-14)25-4/h5-7,9-13H,8H2,1-4H3,(H,22,24). The Hall–Kier alpha value is -2.89. The summed E-state index contributed by atoms with van der Waals surface area (Å²) in [5, 5.41) is 7.85. The SMILES string of the molecule is COc1cccc(CC(C)NC(=O)c2cnc3onc(C(C)C)c3c2)c1. The third-order valence-electron chi connectivity index (χ3n) is 4.22. The molecular formula is C20H23N3O3. The highest BCUT2D eigenvalue weighted by molar-refractivity contribution is 5.97. The number of carbonyl (C=O) groups excluding carboxylic acids is 1. The summed E-state index contributed by atoms with van der Waals surface area (Å²) < 4.78 is 10.5. The number of nitrogens with one attached hydrogen (secondary N) is 1. The maximum absolute atomic E-state index is 12.6. The molecule has 0 saturated heterocycles. The largest absolute Gasteiger partial charge is 0.497 e. The summed E-state index contributed by atoms with van der Waals surface area (Å²) in [6, 6.07) is 9.60. The zero-order chi connectivity index (χ0) is 18.7. The van der Waals surface area contributed by atoms with Crippen LogP contribution in [-0.2, 0) is 6.42 Å². The molecule has 0 aliphatic carbocycles. The van der Waals surface area contributed by atoms with E-state index >= 15 is 0 Å². The van der Waals surface area contributed by atoms with Crippen molar-refractivity contribution < 1.29 is 14.1 Å². The predicted octanol–water partition coefficient (Wildman–Crippen LogP) is 3.72. The second-order valence-electron chi connectivity index (χ2n) is 6.73. The number of rotatable bonds is 6. The van der Waals surface area contributed by atoms with E-state index < -0.39 is 0 Å². The van der Waals surface area contributed by atoms with E-state index in [-0.39, 0.29) is 17.9 Å². The second-order valence-corrected chi connectivity index (χ2v) is 6.73. The summed E-state index contributed by atoms with van der Waals surface area (Å²) in [5.41, 5.74) is 2.87. The molecule has 0 fully saturated rings. The minimum atomic E-state index is -0.161. The molecule has 1 aromatic carbocycles. The first-order valence-electron chi connectivity index (χ1n) is 8.67. The number of benzene rings is 1. The molecule has 3 aromatic rings. The first-order valence-corrected chi connectivity index (χ1v) is 8.67. The van der Waals surface area contributed by atoms with Gasteiger partial charge in [-0.25, -0.2) is 4.98 Å². The summed E-state index contributed by atoms with van der Waals surface area (Å²) in [4.78, 5) is 16.8. The van der Waals surface area contributed by atoms with Crippen LogP contribution >= 0.6 is 0 Å². The maximum atomic E-state index is 12.6. The summed E-state index contributed by atoms with van der Waals surface area (Å²) >= 11 is 0. The number of amides is 1. The number of hydrogen-bond acceptors (Lipinski definition) is 5. The molecule has 26 heavy (non-hydrogen) atoms. The molecule has 1 amide bonds. The topological polar surface area (TPSA) is 77.2 Å². The Bertz CT molecular complexity index is 918. The lowest BCUT2D eigenvalue weighted by atomic mass is 10.1. The molecule has 1 atom stereocenters. The molecule has 0 bridgehead atoms. The predicted molar refractivity (Wildman–Crippen MR) is 99.5 cm³/mol. The molecule has 136 valence electrons. The van der Waals surface area contributed by atoms with Gasteiger partial charge in [0.15, 0.2) is 0 Å². The molecule has 0 aliphatic heterocycles. The molecule has 0 radical (unpaired) electrons. The average molecular weight is 353 g/mol. The number of hydrogen-bond donors (Lipinski definition) is 1. The molecular weight excluding hydrogens is 330 g/mol. The summed E-state index contributed by atoms with van der Waals surface area (Å²) in [6.45, 7) is 6.03. The fourth-order valence-electron chi connectivity index (χ4n) is 2.90. The number of fused-ring (bicyclic) bond motifs is 1. The molecule has 1 N–H and O–H groups in total. The summed E-state index contributed by atoms with van der Waals surface area (Å²) in [7, 11) is 1.64. The van der Waals surface area contributed by atoms with E-state index in [1.807, 2.05) is 45.0 Å². The zero-order valence-electron chi connectivity index (χ0n) is 15.4. The Labute approximate surface area is 152 Å². The van der Waals surface area contributed by atoms with Crippen molar-refractivity contribution in [1.82, 2.24) is 15.5 Å². The molecule has 6 nitrogen and oxygen atoms in total. The Kier molecular flexibility index (Phi) is 5.21. The monoisotopic (exact) mass is 353 g/mol. The molecule has 0 saturated carbocycles. The molecule has 2 heterocycles. The molecule has 3 rings (SSSR count). The first kappa shape index (κ1) is 17.9. The van der Waals surface area contributed by atoms with Crippen molar-refractivity contribution in [3.05, 3.63) is 53.3 Å². The zero-order valence-corrected chi connectivity index (χ0v) is 15.4. The third-order valence-corrected chi connectivity index (χ3v) is 4.22. The van der Waals surface area contributed by atoms with Gasteiger partial charge in [0.2, 0.25) is 0 Å². The number of aromatic nitrogens is 2. The Balaban J connectivity index is 1.72. The fraction of sp³-hybridized carbons (Fsp3) is 0.350. The van der Waals surface area contributed by atoms with E-state index in [9.17, 15) is 4.79 Å². The van der Waals surface area contributed by atoms with Crippen LogP contribution in [0.4, 0.5) is 0 Å². The van der Waals surface area contributed by atoms with Crippen LogP contribution in [0.1, 0.15) is 48.3 Å². The van der Waals surface area contributed by atoms with Crippen LogP contribution in [0.5, 0.6) is 5.75 Å². The number of carbonyl (C=O) groups is 1. The Morgan fingerprint density at radius 3 is 2.81 bits per heavy atom. The van der Waals surface area contributed by atoms with Gasteiger partial charge in [-0.2, -0.15) is 0 Å². The van der Waals surface area contributed by atoms with Crippen LogP contribution in [0.25, 0.3) is 11.1 Å². The lowest BCUT2D eigenvalue weighted by molar-refractivity contribution is 0.0940. The second kappa shape index (κ2) is 7.56. The number of nitrogens with zero attached hydrogens (tertiary/aromatic N) is 2. The highest BCUT2D eigenvalue weighted by atomic mass is 16.5. The van der Waals surface area contributed by atoms with Crippen molar-refractivity contribution >= 4 is 17.0 Å². The molecule has 6 heteroatoms. The van der Waals surface area contributed by atoms with Crippen LogP contribution in [0.2, 0.25) is 0 Å². The molecule has 2 aromatic heterocycles. The number of methoxy groups -OCH3 is 1. The fourth-order valence-corrected chi connectivity index (χ4v) is 2.90. The van der Waals surface area contributed by atoms with Gasteiger partial charge in [0.1, 0.15) is 5.75 Å². The van der Waals surface area contributed by atoms with E-state index in [1.165, 1.54) is 6.20 Å². The van der Waals surface area contributed by atoms with Gasteiger partial charge in [-0.15, -0.1) is 0 Å². The van der Waals surface area contributed by atoms with Crippen LogP contribution < -0.4 is 10.1 Å². The number of ether oxygens (including phenoxy) is 1. The highest BCUT2D eigenvalue weighted by Crippen LogP contribution is 2.24. The molecule has 1 unspecified atom stereocenters. The van der Waals surface area contributed by atoms with Crippen molar-refractivity contribution in [2.75, 3.05) is 7.11 Å². The average Bonchev–Trinajstić information content (AvgIpc) is 3.05. The van der Waals surface area contributed by atoms with Crippen molar-refractivity contribution in [1.29, 1.82) is 0 Å². The Morgan fingerprint density at radius 1 is 1.27 bits per heavy atom. The van der Waals surface area contributed by atoms with Crippen molar-refractivity contribution in [3.8, 4) is 5.75 Å². The molecule has 0 aliphatic rings. The summed E-state index contributed by atoms with van der Waals surface area (Å²) in [6.07, 6.45) is 2.23. The van der Waals surface area contributed by atoms with Crippen LogP contribution in [-0.4, -0.2) is 29.2 Å². The van der Waals surface area contributed by atoms with Gasteiger partial charge in [-0.1, -0.05) is 31.1 Å². The summed E-state index contributed by atoms with van der Waals surface area (Å²) in [5.74, 6) is 0.846. The highest BCUT2D eigenvalue weighted by Gasteiger charge is 2.17. The van der Waals surface area contributed by atoms with Crippen LogP contribution in [0, 0.1) is 0 Å². The van der Waals surface area contributed by atoms with Crippen molar-refractivity contribution in [3.63, 3.8) is 0 Å². The smallest absolute Gasteiger partial charge is 0.257 e. The van der Waals surface area contributed by atoms with Crippen molar-refractivity contribution in [2.45, 2.75) is 39.2 Å². The molecule has 0 spiro atoms. The normalized spacial score (nSPS) is 12.3. The minimum Gasteiger partial charge on any atom is -0.497 e. The quantitative estimate of drug-likeness (QED) is 0.731. The van der Waals surface area contributed by atoms with E-state index in [1.54, 1.807) is 13.2 Å². The maximum Gasteiger partial charge on any atom is 0.257 e. The van der Waals surface area contributed by atoms with E-state index in [0.717, 1.165) is 22.4 Å². The minimum absolute atomic E-state index is 0.0302. The van der Waals surface area contributed by atoms with Gasteiger partial charge in [0, 0.05) is 12.2 Å². The number of pyridine rings is 1. The van der Waals surface area contributed by atoms with Gasteiger partial charge < -0.3 is 14.6 Å². The lowest BCUT2D eigenvalue weighted by Gasteiger charge is -2.14. The van der Waals surface area contributed by atoms with E-state index in [2.05, 4.69) is 15.5 Å². The lowest BCUT2D eigenvalue weighted by Crippen LogP contribution is -2.34. The van der Waals surface area contributed by atoms with Gasteiger partial charge >= 0.3 is 0 Å².